The lowest BCUT2D eigenvalue weighted by Crippen LogP contribution is -2.54. The van der Waals surface area contributed by atoms with Crippen molar-refractivity contribution < 1.29 is 4.79 Å². The highest BCUT2D eigenvalue weighted by Gasteiger charge is 2.47. The fourth-order valence-electron chi connectivity index (χ4n) is 3.14. The van der Waals surface area contributed by atoms with Crippen molar-refractivity contribution in [2.45, 2.75) is 18.4 Å². The van der Waals surface area contributed by atoms with Crippen LogP contribution in [0.4, 0.5) is 0 Å². The molecule has 1 aliphatic carbocycles. The Morgan fingerprint density at radius 3 is 2.63 bits per heavy atom. The highest BCUT2D eigenvalue weighted by molar-refractivity contribution is 5.90. The van der Waals surface area contributed by atoms with Crippen molar-refractivity contribution in [2.75, 3.05) is 33.7 Å². The molecule has 1 heterocycles. The molecule has 3 unspecified atom stereocenters. The summed E-state index contributed by atoms with van der Waals surface area (Å²) in [5.74, 6) is 1.17. The van der Waals surface area contributed by atoms with Crippen molar-refractivity contribution in [1.29, 1.82) is 0 Å². The molecule has 1 saturated heterocycles. The molecule has 0 N–H and O–H groups in total. The van der Waals surface area contributed by atoms with Crippen LogP contribution in [0, 0.1) is 5.92 Å². The molecule has 0 spiro atoms. The van der Waals surface area contributed by atoms with Gasteiger partial charge in [-0.25, -0.2) is 0 Å². The summed E-state index contributed by atoms with van der Waals surface area (Å²) in [6.45, 7) is 2.94. The summed E-state index contributed by atoms with van der Waals surface area (Å²) in [7, 11) is 4.18. The summed E-state index contributed by atoms with van der Waals surface area (Å²) in [5.41, 5.74) is 1.33. The molecular formula is C16H22N2O. The van der Waals surface area contributed by atoms with Gasteiger partial charge < -0.3 is 4.90 Å². The van der Waals surface area contributed by atoms with Crippen LogP contribution in [-0.2, 0) is 4.79 Å². The second-order valence-corrected chi connectivity index (χ2v) is 6.02. The Balaban J connectivity index is 1.66. The summed E-state index contributed by atoms with van der Waals surface area (Å²) >= 11 is 0. The first-order chi connectivity index (χ1) is 9.16. The summed E-state index contributed by atoms with van der Waals surface area (Å²) in [5, 5.41) is 0. The minimum Gasteiger partial charge on any atom is -0.303 e. The van der Waals surface area contributed by atoms with Crippen molar-refractivity contribution in [3.05, 3.63) is 35.9 Å². The SMILES string of the molecule is CN1CCN(C)C(C(=O)C2CC2c2ccccc2)C1. The molecule has 1 aromatic rings. The van der Waals surface area contributed by atoms with Gasteiger partial charge in [0.2, 0.25) is 0 Å². The van der Waals surface area contributed by atoms with E-state index in [0.717, 1.165) is 26.1 Å². The number of ketones is 1. The fourth-order valence-corrected chi connectivity index (χ4v) is 3.14. The number of carbonyl (C=O) groups excluding carboxylic acids is 1. The van der Waals surface area contributed by atoms with Crippen LogP contribution in [0.5, 0.6) is 0 Å². The highest BCUT2D eigenvalue weighted by Crippen LogP contribution is 2.48. The number of nitrogens with zero attached hydrogens (tertiary/aromatic N) is 2. The van der Waals surface area contributed by atoms with E-state index in [9.17, 15) is 4.79 Å². The van der Waals surface area contributed by atoms with Crippen LogP contribution in [0.3, 0.4) is 0 Å². The van der Waals surface area contributed by atoms with Gasteiger partial charge in [-0.3, -0.25) is 9.69 Å². The van der Waals surface area contributed by atoms with Gasteiger partial charge in [0.05, 0.1) is 6.04 Å². The molecule has 3 atom stereocenters. The maximum atomic E-state index is 12.6. The van der Waals surface area contributed by atoms with E-state index in [-0.39, 0.29) is 12.0 Å². The van der Waals surface area contributed by atoms with Gasteiger partial charge in [0, 0.05) is 25.6 Å². The first-order valence-corrected chi connectivity index (χ1v) is 7.14. The number of rotatable bonds is 3. The van der Waals surface area contributed by atoms with Gasteiger partial charge in [-0.05, 0) is 32.0 Å². The van der Waals surface area contributed by atoms with E-state index in [1.807, 2.05) is 6.07 Å². The third-order valence-corrected chi connectivity index (χ3v) is 4.56. The molecule has 2 aliphatic rings. The van der Waals surface area contributed by atoms with Gasteiger partial charge in [-0.15, -0.1) is 0 Å². The standard InChI is InChI=1S/C16H22N2O/c1-17-8-9-18(2)15(11-17)16(19)14-10-13(14)12-6-4-3-5-7-12/h3-7,13-15H,8-11H2,1-2H3. The van der Waals surface area contributed by atoms with Crippen LogP contribution in [0.15, 0.2) is 30.3 Å². The minimum absolute atomic E-state index is 0.0949. The number of hydrogen-bond donors (Lipinski definition) is 0. The molecule has 2 fully saturated rings. The first-order valence-electron chi connectivity index (χ1n) is 7.14. The molecule has 1 saturated carbocycles. The molecule has 3 nitrogen and oxygen atoms in total. The van der Waals surface area contributed by atoms with Gasteiger partial charge in [0.25, 0.3) is 0 Å². The zero-order valence-corrected chi connectivity index (χ0v) is 11.7. The molecule has 0 amide bonds. The summed E-state index contributed by atoms with van der Waals surface area (Å²) in [6.07, 6.45) is 1.04. The largest absolute Gasteiger partial charge is 0.303 e. The third-order valence-electron chi connectivity index (χ3n) is 4.56. The minimum atomic E-state index is 0.0949. The van der Waals surface area contributed by atoms with Gasteiger partial charge >= 0.3 is 0 Å². The van der Waals surface area contributed by atoms with E-state index in [1.54, 1.807) is 0 Å². The number of carbonyl (C=O) groups is 1. The summed E-state index contributed by atoms with van der Waals surface area (Å²) in [6, 6.07) is 10.6. The number of hydrogen-bond acceptors (Lipinski definition) is 3. The topological polar surface area (TPSA) is 23.6 Å². The number of benzene rings is 1. The van der Waals surface area contributed by atoms with Crippen molar-refractivity contribution in [1.82, 2.24) is 9.80 Å². The second kappa shape index (κ2) is 5.06. The highest BCUT2D eigenvalue weighted by atomic mass is 16.1. The van der Waals surface area contributed by atoms with Crippen LogP contribution >= 0.6 is 0 Å². The molecular weight excluding hydrogens is 236 g/mol. The number of piperazine rings is 1. The molecule has 3 heteroatoms. The molecule has 3 rings (SSSR count). The Kier molecular flexibility index (Phi) is 3.42. The molecule has 0 bridgehead atoms. The van der Waals surface area contributed by atoms with Gasteiger partial charge in [0.1, 0.15) is 0 Å². The average Bonchev–Trinajstić information content (AvgIpc) is 3.22. The lowest BCUT2D eigenvalue weighted by molar-refractivity contribution is -0.127. The quantitative estimate of drug-likeness (QED) is 0.823. The third kappa shape index (κ3) is 2.58. The number of likely N-dealkylation sites (N-methyl/N-ethyl adjacent to an activating group) is 2. The van der Waals surface area contributed by atoms with Crippen LogP contribution < -0.4 is 0 Å². The zero-order valence-electron chi connectivity index (χ0n) is 11.7. The van der Waals surface area contributed by atoms with Crippen molar-refractivity contribution in [2.24, 2.45) is 5.92 Å². The summed E-state index contributed by atoms with van der Waals surface area (Å²) < 4.78 is 0. The Labute approximate surface area is 115 Å². The lowest BCUT2D eigenvalue weighted by Gasteiger charge is -2.36. The van der Waals surface area contributed by atoms with Crippen molar-refractivity contribution in [3.63, 3.8) is 0 Å². The molecule has 1 aliphatic heterocycles. The van der Waals surface area contributed by atoms with Crippen LogP contribution in [0.2, 0.25) is 0 Å². The van der Waals surface area contributed by atoms with Crippen molar-refractivity contribution >= 4 is 5.78 Å². The Hall–Kier alpha value is -1.19. The average molecular weight is 258 g/mol. The van der Waals surface area contributed by atoms with Gasteiger partial charge in [-0.2, -0.15) is 0 Å². The van der Waals surface area contributed by atoms with Crippen molar-refractivity contribution in [3.8, 4) is 0 Å². The lowest BCUT2D eigenvalue weighted by atomic mass is 10.0. The van der Waals surface area contributed by atoms with E-state index in [1.165, 1.54) is 5.56 Å². The smallest absolute Gasteiger partial charge is 0.154 e. The van der Waals surface area contributed by atoms with Gasteiger partial charge in [0.15, 0.2) is 5.78 Å². The number of Topliss-reactive ketones (excluding diaryl/α,β-unsaturated/α-hetero) is 1. The van der Waals surface area contributed by atoms with Crippen LogP contribution in [0.25, 0.3) is 0 Å². The Morgan fingerprint density at radius 1 is 1.16 bits per heavy atom. The monoisotopic (exact) mass is 258 g/mol. The predicted octanol–water partition coefficient (Wildman–Crippen LogP) is 1.60. The molecule has 0 aromatic heterocycles. The van der Waals surface area contributed by atoms with Crippen LogP contribution in [-0.4, -0.2) is 55.4 Å². The first kappa shape index (κ1) is 12.8. The van der Waals surface area contributed by atoms with E-state index >= 15 is 0 Å². The maximum absolute atomic E-state index is 12.6. The molecule has 102 valence electrons. The van der Waals surface area contributed by atoms with E-state index in [2.05, 4.69) is 48.2 Å². The Morgan fingerprint density at radius 2 is 1.89 bits per heavy atom. The fraction of sp³-hybridized carbons (Fsp3) is 0.562. The van der Waals surface area contributed by atoms with Crippen LogP contribution in [0.1, 0.15) is 17.9 Å². The predicted molar refractivity (Wildman–Crippen MR) is 76.2 cm³/mol. The maximum Gasteiger partial charge on any atom is 0.154 e. The molecule has 1 aromatic carbocycles. The normalized spacial score (nSPS) is 32.2. The second-order valence-electron chi connectivity index (χ2n) is 6.02. The summed E-state index contributed by atoms with van der Waals surface area (Å²) in [4.78, 5) is 17.1. The van der Waals surface area contributed by atoms with E-state index < -0.39 is 0 Å². The van der Waals surface area contributed by atoms with E-state index in [4.69, 9.17) is 0 Å². The zero-order chi connectivity index (χ0) is 13.4. The molecule has 0 radical (unpaired) electrons. The van der Waals surface area contributed by atoms with Gasteiger partial charge in [-0.1, -0.05) is 30.3 Å². The van der Waals surface area contributed by atoms with E-state index in [0.29, 0.717) is 11.7 Å². The molecule has 19 heavy (non-hydrogen) atoms. The Bertz CT molecular complexity index is 459.